The lowest BCUT2D eigenvalue weighted by Crippen LogP contribution is -2.70. The third kappa shape index (κ3) is 10.00. The van der Waals surface area contributed by atoms with Crippen molar-refractivity contribution in [1.82, 2.24) is 0 Å². The number of aryl methyl sites for hydroxylation is 1. The zero-order valence-corrected chi connectivity index (χ0v) is 33.4. The Hall–Kier alpha value is -0.0725. The molecular weight excluding hydrogens is 559 g/mol. The molecule has 1 rings (SSSR count). The number of hydrogen-bond donors (Lipinski definition) is 1. The molecule has 234 valence electrons. The summed E-state index contributed by atoms with van der Waals surface area (Å²) in [6.45, 7) is 36.8. The summed E-state index contributed by atoms with van der Waals surface area (Å²) in [4.78, 5) is 0. The van der Waals surface area contributed by atoms with E-state index in [1.165, 1.54) is 31.2 Å². The van der Waals surface area contributed by atoms with Gasteiger partial charge in [-0.2, -0.15) is 0 Å². The number of rotatable bonds is 17. The van der Waals surface area contributed by atoms with Gasteiger partial charge in [0.05, 0.1) is 13.3 Å². The maximum absolute atomic E-state index is 7.43. The highest BCUT2D eigenvalue weighted by Gasteiger charge is 2.60. The maximum Gasteiger partial charge on any atom is 0.218 e. The van der Waals surface area contributed by atoms with Gasteiger partial charge in [-0.25, -0.2) is 0 Å². The van der Waals surface area contributed by atoms with E-state index in [1.807, 2.05) is 0 Å². The van der Waals surface area contributed by atoms with E-state index in [9.17, 15) is 0 Å². The first-order valence-corrected chi connectivity index (χ1v) is 28.1. The van der Waals surface area contributed by atoms with Crippen molar-refractivity contribution < 1.29 is 13.3 Å². The van der Waals surface area contributed by atoms with Crippen molar-refractivity contribution in [1.29, 1.82) is 0 Å². The van der Waals surface area contributed by atoms with E-state index in [0.717, 1.165) is 12.5 Å². The van der Waals surface area contributed by atoms with Crippen LogP contribution in [0.4, 0.5) is 0 Å². The van der Waals surface area contributed by atoms with E-state index in [-0.39, 0.29) is 15.5 Å². The minimum absolute atomic E-state index is 0.151. The van der Waals surface area contributed by atoms with Gasteiger partial charge in [0.25, 0.3) is 0 Å². The first-order chi connectivity index (χ1) is 17.7. The molecule has 0 bridgehead atoms. The Labute approximate surface area is 253 Å². The molecule has 0 saturated heterocycles. The molecule has 0 aromatic heterocycles. The molecule has 0 radical (unpaired) electrons. The zero-order chi connectivity index (χ0) is 31.5. The second-order valence-corrected chi connectivity index (χ2v) is 35.5. The van der Waals surface area contributed by atoms with Crippen LogP contribution in [0.25, 0.3) is 0 Å². The van der Waals surface area contributed by atoms with E-state index in [4.69, 9.17) is 19.0 Å². The van der Waals surface area contributed by atoms with Gasteiger partial charge in [0, 0.05) is 10.3 Å². The molecule has 4 nitrogen and oxygen atoms in total. The lowest BCUT2D eigenvalue weighted by Gasteiger charge is -2.57. The van der Waals surface area contributed by atoms with Crippen molar-refractivity contribution in [2.75, 3.05) is 0 Å². The predicted molar refractivity (Wildman–Crippen MR) is 187 cm³/mol. The van der Waals surface area contributed by atoms with Crippen LogP contribution in [0.2, 0.25) is 70.0 Å². The van der Waals surface area contributed by atoms with E-state index in [2.05, 4.69) is 138 Å². The lowest BCUT2D eigenvalue weighted by atomic mass is 10.0. The summed E-state index contributed by atoms with van der Waals surface area (Å²) in [6, 6.07) is 11.9. The fourth-order valence-corrected chi connectivity index (χ4v) is 16.3. The van der Waals surface area contributed by atoms with Gasteiger partial charge in [0.2, 0.25) is 8.32 Å². The Bertz CT molecular complexity index is 918. The largest absolute Gasteiger partial charge is 0.414 e. The zero-order valence-electron chi connectivity index (χ0n) is 29.4. The van der Waals surface area contributed by atoms with Crippen LogP contribution in [0.15, 0.2) is 30.3 Å². The standard InChI is InChI=1S/C32H67NO3Si4/c1-29(2,32(7,33)36-39(14,15)31(5,6)34-38(11,12)13)40(16,35-30(3,4)37(8,9)10)27-23-18-17-20-24-28-25-21-19-22-26-28/h19,21-22,25-26H,17-18,20,23-24,27,33H2,1-16H3. The Morgan fingerprint density at radius 1 is 0.625 bits per heavy atom. The lowest BCUT2D eigenvalue weighted by molar-refractivity contribution is 0.00623. The van der Waals surface area contributed by atoms with Crippen LogP contribution < -0.4 is 5.73 Å². The smallest absolute Gasteiger partial charge is 0.218 e. The normalized spacial score (nSPS) is 17.4. The van der Waals surface area contributed by atoms with Crippen molar-refractivity contribution in [3.63, 3.8) is 0 Å². The molecule has 2 unspecified atom stereocenters. The van der Waals surface area contributed by atoms with Crippen LogP contribution in [0, 0.1) is 0 Å². The number of nitrogens with two attached hydrogens (primary N) is 1. The van der Waals surface area contributed by atoms with E-state index < -0.39 is 38.8 Å². The third-order valence-electron chi connectivity index (χ3n) is 10.0. The number of hydrogen-bond acceptors (Lipinski definition) is 4. The molecule has 0 saturated carbocycles. The Morgan fingerprint density at radius 2 is 1.12 bits per heavy atom. The molecule has 8 heteroatoms. The van der Waals surface area contributed by atoms with Gasteiger partial charge in [0.1, 0.15) is 5.72 Å². The molecule has 0 spiro atoms. The number of benzene rings is 1. The van der Waals surface area contributed by atoms with Crippen molar-refractivity contribution in [3.05, 3.63) is 35.9 Å². The quantitative estimate of drug-likeness (QED) is 0.106. The highest BCUT2D eigenvalue weighted by molar-refractivity contribution is 6.82. The molecule has 40 heavy (non-hydrogen) atoms. The fraction of sp³-hybridized carbons (Fsp3) is 0.812. The fourth-order valence-electron chi connectivity index (χ4n) is 5.19. The van der Waals surface area contributed by atoms with Crippen LogP contribution >= 0.6 is 0 Å². The molecule has 0 amide bonds. The van der Waals surface area contributed by atoms with Crippen LogP contribution in [-0.2, 0) is 19.7 Å². The van der Waals surface area contributed by atoms with Gasteiger partial charge in [-0.1, -0.05) is 83.1 Å². The Balaban J connectivity index is 3.20. The summed E-state index contributed by atoms with van der Waals surface area (Å²) in [6.07, 6.45) is 6.03. The van der Waals surface area contributed by atoms with E-state index >= 15 is 0 Å². The first kappa shape index (κ1) is 38.0. The average Bonchev–Trinajstić information content (AvgIpc) is 2.73. The second kappa shape index (κ2) is 13.3. The first-order valence-electron chi connectivity index (χ1n) is 15.6. The van der Waals surface area contributed by atoms with E-state index in [1.54, 1.807) is 0 Å². The minimum atomic E-state index is -2.41. The molecule has 0 fully saturated rings. The van der Waals surface area contributed by atoms with Gasteiger partial charge in [-0.3, -0.25) is 0 Å². The van der Waals surface area contributed by atoms with Gasteiger partial charge < -0.3 is 19.0 Å². The highest BCUT2D eigenvalue weighted by Crippen LogP contribution is 2.53. The van der Waals surface area contributed by atoms with Gasteiger partial charge in [-0.05, 0) is 98.3 Å². The van der Waals surface area contributed by atoms with Gasteiger partial charge >= 0.3 is 0 Å². The summed E-state index contributed by atoms with van der Waals surface area (Å²) in [5.41, 5.74) is 7.90. The van der Waals surface area contributed by atoms with Gasteiger partial charge in [0.15, 0.2) is 16.6 Å². The highest BCUT2D eigenvalue weighted by atomic mass is 28.4. The SMILES string of the molecule is CC(N)(O[Si](C)(C)C(C)(C)O[Si](C)(C)C)C(C)(C)[Si](C)(CCCCCCc1ccccc1)OC(C)(C)[Si](C)(C)C. The minimum Gasteiger partial charge on any atom is -0.414 e. The molecule has 1 aromatic carbocycles. The monoisotopic (exact) mass is 625 g/mol. The summed E-state index contributed by atoms with van der Waals surface area (Å²) >= 11 is 0. The molecule has 0 aliphatic carbocycles. The Morgan fingerprint density at radius 3 is 1.60 bits per heavy atom. The van der Waals surface area contributed by atoms with Crippen molar-refractivity contribution in [2.24, 2.45) is 5.73 Å². The molecular formula is C32H67NO3Si4. The van der Waals surface area contributed by atoms with E-state index in [0.29, 0.717) is 0 Å². The summed E-state index contributed by atoms with van der Waals surface area (Å²) in [7, 11) is -8.16. The summed E-state index contributed by atoms with van der Waals surface area (Å²) in [5.74, 6) is 0. The summed E-state index contributed by atoms with van der Waals surface area (Å²) in [5, 5.41) is -0.814. The van der Waals surface area contributed by atoms with Crippen LogP contribution in [0.1, 0.15) is 79.7 Å². The molecule has 2 N–H and O–H groups in total. The predicted octanol–water partition coefficient (Wildman–Crippen LogP) is 9.88. The van der Waals surface area contributed by atoms with Crippen LogP contribution in [0.3, 0.4) is 0 Å². The van der Waals surface area contributed by atoms with Crippen molar-refractivity contribution in [3.8, 4) is 0 Å². The van der Waals surface area contributed by atoms with Gasteiger partial charge in [-0.15, -0.1) is 0 Å². The summed E-state index contributed by atoms with van der Waals surface area (Å²) < 4.78 is 21.2. The molecule has 0 aliphatic rings. The van der Waals surface area contributed by atoms with Crippen LogP contribution in [-0.4, -0.2) is 49.2 Å². The second-order valence-electron chi connectivity index (χ2n) is 16.6. The van der Waals surface area contributed by atoms with Crippen LogP contribution in [0.5, 0.6) is 0 Å². The number of unbranched alkanes of at least 4 members (excludes halogenated alkanes) is 3. The molecule has 1 aromatic rings. The Kier molecular flexibility index (Phi) is 12.6. The molecule has 2 atom stereocenters. The van der Waals surface area contributed by atoms with Crippen molar-refractivity contribution in [2.45, 2.75) is 167 Å². The maximum atomic E-state index is 7.43. The topological polar surface area (TPSA) is 53.7 Å². The van der Waals surface area contributed by atoms with Crippen molar-refractivity contribution >= 4 is 33.0 Å². The molecule has 0 heterocycles. The molecule has 0 aliphatic heterocycles. The third-order valence-corrected chi connectivity index (χ3v) is 24.6. The average molecular weight is 626 g/mol.